The van der Waals surface area contributed by atoms with E-state index in [1.807, 2.05) is 5.38 Å². The maximum Gasteiger partial charge on any atom is 0.263 e. The highest BCUT2D eigenvalue weighted by Gasteiger charge is 2.26. The van der Waals surface area contributed by atoms with Crippen LogP contribution in [0.25, 0.3) is 0 Å². The van der Waals surface area contributed by atoms with Crippen LogP contribution in [0.5, 0.6) is 0 Å². The lowest BCUT2D eigenvalue weighted by molar-refractivity contribution is 0.601. The van der Waals surface area contributed by atoms with Crippen LogP contribution in [0.15, 0.2) is 34.5 Å². The second-order valence-electron chi connectivity index (χ2n) is 4.73. The van der Waals surface area contributed by atoms with Crippen molar-refractivity contribution in [1.82, 2.24) is 4.98 Å². The van der Waals surface area contributed by atoms with Gasteiger partial charge in [0.2, 0.25) is 0 Å². The number of thiazole rings is 1. The summed E-state index contributed by atoms with van der Waals surface area (Å²) in [5, 5.41) is 5.32. The van der Waals surface area contributed by atoms with Gasteiger partial charge in [0, 0.05) is 24.0 Å². The van der Waals surface area contributed by atoms with Crippen molar-refractivity contribution in [3.63, 3.8) is 0 Å². The summed E-state index contributed by atoms with van der Waals surface area (Å²) in [5.41, 5.74) is 1.87. The summed E-state index contributed by atoms with van der Waals surface area (Å²) in [6.45, 7) is 0. The van der Waals surface area contributed by atoms with Crippen molar-refractivity contribution in [1.29, 1.82) is 0 Å². The number of sulfonamides is 1. The molecule has 2 aromatic rings. The fourth-order valence-corrected chi connectivity index (χ4v) is 3.92. The number of anilines is 2. The van der Waals surface area contributed by atoms with Gasteiger partial charge in [-0.25, -0.2) is 13.4 Å². The van der Waals surface area contributed by atoms with Gasteiger partial charge in [0.15, 0.2) is 5.13 Å². The standard InChI is InChI=1S/C13H15N3O2S2/c1-14-10-4-6-11(7-5-10)20(17,18)16-13-15-12(8-19-13)9-2-3-9/h4-9,14H,2-3H2,1H3,(H,15,16). The summed E-state index contributed by atoms with van der Waals surface area (Å²) in [7, 11) is -1.77. The highest BCUT2D eigenvalue weighted by Crippen LogP contribution is 2.41. The molecule has 1 aliphatic rings. The molecule has 2 N–H and O–H groups in total. The van der Waals surface area contributed by atoms with E-state index in [1.54, 1.807) is 31.3 Å². The number of nitrogens with zero attached hydrogens (tertiary/aromatic N) is 1. The fourth-order valence-electron chi connectivity index (χ4n) is 1.87. The lowest BCUT2D eigenvalue weighted by Gasteiger charge is -2.06. The van der Waals surface area contributed by atoms with E-state index < -0.39 is 10.0 Å². The number of rotatable bonds is 5. The maximum absolute atomic E-state index is 12.2. The molecule has 0 atom stereocenters. The topological polar surface area (TPSA) is 71.1 Å². The molecule has 1 fully saturated rings. The van der Waals surface area contributed by atoms with Crippen LogP contribution in [0.2, 0.25) is 0 Å². The van der Waals surface area contributed by atoms with E-state index >= 15 is 0 Å². The Bertz CT molecular complexity index is 703. The number of hydrogen-bond donors (Lipinski definition) is 2. The van der Waals surface area contributed by atoms with Gasteiger partial charge in [-0.2, -0.15) is 0 Å². The van der Waals surface area contributed by atoms with Crippen LogP contribution in [-0.4, -0.2) is 20.4 Å². The molecular formula is C13H15N3O2S2. The van der Waals surface area contributed by atoms with Gasteiger partial charge < -0.3 is 5.32 Å². The lowest BCUT2D eigenvalue weighted by Crippen LogP contribution is -2.12. The average molecular weight is 309 g/mol. The van der Waals surface area contributed by atoms with Crippen molar-refractivity contribution in [3.05, 3.63) is 35.3 Å². The molecule has 1 saturated carbocycles. The van der Waals surface area contributed by atoms with Crippen LogP contribution in [0.1, 0.15) is 24.5 Å². The molecule has 0 aliphatic heterocycles. The van der Waals surface area contributed by atoms with Gasteiger partial charge in [0.25, 0.3) is 10.0 Å². The van der Waals surface area contributed by atoms with Gasteiger partial charge in [-0.3, -0.25) is 4.72 Å². The van der Waals surface area contributed by atoms with Gasteiger partial charge in [-0.1, -0.05) is 0 Å². The normalized spacial score (nSPS) is 15.1. The lowest BCUT2D eigenvalue weighted by atomic mass is 10.3. The zero-order valence-corrected chi connectivity index (χ0v) is 12.6. The monoisotopic (exact) mass is 309 g/mol. The van der Waals surface area contributed by atoms with E-state index in [0.29, 0.717) is 11.0 Å². The second-order valence-corrected chi connectivity index (χ2v) is 7.27. The first-order valence-corrected chi connectivity index (χ1v) is 8.71. The largest absolute Gasteiger partial charge is 0.388 e. The number of hydrogen-bond acceptors (Lipinski definition) is 5. The Morgan fingerprint density at radius 2 is 1.95 bits per heavy atom. The highest BCUT2D eigenvalue weighted by atomic mass is 32.2. The smallest absolute Gasteiger partial charge is 0.263 e. The van der Waals surface area contributed by atoms with Gasteiger partial charge in [0.1, 0.15) is 0 Å². The minimum Gasteiger partial charge on any atom is -0.388 e. The summed E-state index contributed by atoms with van der Waals surface area (Å²) in [6.07, 6.45) is 2.31. The first-order valence-electron chi connectivity index (χ1n) is 6.34. The number of aromatic nitrogens is 1. The summed E-state index contributed by atoms with van der Waals surface area (Å²) in [5.74, 6) is 0.527. The first kappa shape index (κ1) is 13.4. The first-order chi connectivity index (χ1) is 9.58. The molecule has 106 valence electrons. The zero-order chi connectivity index (χ0) is 14.2. The molecule has 20 heavy (non-hydrogen) atoms. The van der Waals surface area contributed by atoms with E-state index in [2.05, 4.69) is 15.0 Å². The van der Waals surface area contributed by atoms with Crippen LogP contribution < -0.4 is 10.0 Å². The Morgan fingerprint density at radius 3 is 2.55 bits per heavy atom. The van der Waals surface area contributed by atoms with Gasteiger partial charge in [-0.15, -0.1) is 11.3 Å². The van der Waals surface area contributed by atoms with Crippen LogP contribution >= 0.6 is 11.3 Å². The summed E-state index contributed by atoms with van der Waals surface area (Å²) in [6, 6.07) is 6.60. The summed E-state index contributed by atoms with van der Waals surface area (Å²) < 4.78 is 27.0. The SMILES string of the molecule is CNc1ccc(S(=O)(=O)Nc2nc(C3CC3)cs2)cc1. The Balaban J connectivity index is 1.79. The Kier molecular flexibility index (Phi) is 3.39. The predicted molar refractivity (Wildman–Crippen MR) is 80.9 cm³/mol. The van der Waals surface area contributed by atoms with Gasteiger partial charge in [0.05, 0.1) is 10.6 Å². The third-order valence-corrected chi connectivity index (χ3v) is 5.45. The Morgan fingerprint density at radius 1 is 1.25 bits per heavy atom. The Hall–Kier alpha value is -1.60. The van der Waals surface area contributed by atoms with Gasteiger partial charge >= 0.3 is 0 Å². The molecule has 0 radical (unpaired) electrons. The third-order valence-electron chi connectivity index (χ3n) is 3.19. The minimum absolute atomic E-state index is 0.236. The van der Waals surface area contributed by atoms with Crippen molar-refractivity contribution >= 4 is 32.2 Å². The number of nitrogens with one attached hydrogen (secondary N) is 2. The molecule has 1 aromatic carbocycles. The van der Waals surface area contributed by atoms with E-state index in [0.717, 1.165) is 24.2 Å². The molecule has 1 heterocycles. The average Bonchev–Trinajstić information content (AvgIpc) is 3.20. The molecule has 7 heteroatoms. The molecule has 5 nitrogen and oxygen atoms in total. The van der Waals surface area contributed by atoms with Crippen molar-refractivity contribution in [2.75, 3.05) is 17.1 Å². The molecule has 0 amide bonds. The fraction of sp³-hybridized carbons (Fsp3) is 0.308. The molecule has 0 bridgehead atoms. The van der Waals surface area contributed by atoms with Crippen LogP contribution in [0.4, 0.5) is 10.8 Å². The second kappa shape index (κ2) is 5.06. The van der Waals surface area contributed by atoms with E-state index in [1.165, 1.54) is 11.3 Å². The highest BCUT2D eigenvalue weighted by molar-refractivity contribution is 7.93. The van der Waals surface area contributed by atoms with Crippen LogP contribution in [0.3, 0.4) is 0 Å². The summed E-state index contributed by atoms with van der Waals surface area (Å²) in [4.78, 5) is 4.57. The quantitative estimate of drug-likeness (QED) is 0.891. The third kappa shape index (κ3) is 2.78. The van der Waals surface area contributed by atoms with Crippen molar-refractivity contribution < 1.29 is 8.42 Å². The maximum atomic E-state index is 12.2. The Labute approximate surface area is 122 Å². The van der Waals surface area contributed by atoms with E-state index in [-0.39, 0.29) is 4.90 Å². The predicted octanol–water partition coefficient (Wildman–Crippen LogP) is 2.86. The molecule has 0 unspecified atom stereocenters. The van der Waals surface area contributed by atoms with Crippen molar-refractivity contribution in [2.24, 2.45) is 0 Å². The molecule has 0 spiro atoms. The van der Waals surface area contributed by atoms with E-state index in [9.17, 15) is 8.42 Å². The van der Waals surface area contributed by atoms with Crippen molar-refractivity contribution in [3.8, 4) is 0 Å². The molecule has 1 aromatic heterocycles. The van der Waals surface area contributed by atoms with Crippen LogP contribution in [-0.2, 0) is 10.0 Å². The van der Waals surface area contributed by atoms with Gasteiger partial charge in [-0.05, 0) is 37.1 Å². The minimum atomic E-state index is -3.56. The van der Waals surface area contributed by atoms with Crippen molar-refractivity contribution in [2.45, 2.75) is 23.7 Å². The zero-order valence-electron chi connectivity index (χ0n) is 11.0. The molecule has 0 saturated heterocycles. The van der Waals surface area contributed by atoms with Crippen LogP contribution in [0, 0.1) is 0 Å². The summed E-state index contributed by atoms with van der Waals surface area (Å²) >= 11 is 1.33. The number of benzene rings is 1. The molecule has 1 aliphatic carbocycles. The molecule has 3 rings (SSSR count). The molecular weight excluding hydrogens is 294 g/mol. The van der Waals surface area contributed by atoms with E-state index in [4.69, 9.17) is 0 Å².